The van der Waals surface area contributed by atoms with Gasteiger partial charge in [-0.1, -0.05) is 54.6 Å². The summed E-state index contributed by atoms with van der Waals surface area (Å²) in [7, 11) is 1.89. The summed E-state index contributed by atoms with van der Waals surface area (Å²) in [6.07, 6.45) is 0.619. The van der Waals surface area contributed by atoms with E-state index in [1.807, 2.05) is 79.8 Å². The van der Waals surface area contributed by atoms with Crippen molar-refractivity contribution < 1.29 is 19.4 Å². The predicted octanol–water partition coefficient (Wildman–Crippen LogP) is 5.01. The summed E-state index contributed by atoms with van der Waals surface area (Å²) >= 11 is 0. The third kappa shape index (κ3) is 5.43. The summed E-state index contributed by atoms with van der Waals surface area (Å²) in [5.41, 5.74) is 1.52. The Balaban J connectivity index is 1.42. The maximum atomic E-state index is 11.4. The average Bonchev–Trinajstić information content (AvgIpc) is 3.20. The molecule has 1 aromatic heterocycles. The van der Waals surface area contributed by atoms with Crippen molar-refractivity contribution in [2.45, 2.75) is 25.9 Å². The predicted molar refractivity (Wildman–Crippen MR) is 130 cm³/mol. The van der Waals surface area contributed by atoms with E-state index in [1.165, 1.54) is 13.8 Å². The molecule has 3 aromatic carbocycles. The number of hydrogen-bond acceptors (Lipinski definition) is 5. The van der Waals surface area contributed by atoms with Gasteiger partial charge in [-0.3, -0.25) is 4.68 Å². The molecule has 0 unspecified atom stereocenters. The number of nitrogens with zero attached hydrogens (tertiary/aromatic N) is 3. The fourth-order valence-corrected chi connectivity index (χ4v) is 3.45. The van der Waals surface area contributed by atoms with Crippen molar-refractivity contribution >= 4 is 5.97 Å². The van der Waals surface area contributed by atoms with Gasteiger partial charge in [0, 0.05) is 19.0 Å². The summed E-state index contributed by atoms with van der Waals surface area (Å²) in [6, 6.07) is 25.0. The van der Waals surface area contributed by atoms with E-state index in [0.29, 0.717) is 24.6 Å². The second kappa shape index (κ2) is 9.79. The Morgan fingerprint density at radius 1 is 0.912 bits per heavy atom. The molecule has 0 aliphatic rings. The molecule has 0 bridgehead atoms. The standard InChI is InChI=1S/C27H27N3O4/c1-27(2,26(31)32)34-23-14-8-12-21(18-23)20-11-7-13-22(17-20)33-16-15-24-28-25(29-30(24)3)19-9-5-4-6-10-19/h4-14,17-18H,15-16H2,1-3H3,(H,31,32). The topological polar surface area (TPSA) is 86.5 Å². The Morgan fingerprint density at radius 3 is 2.21 bits per heavy atom. The molecule has 0 atom stereocenters. The summed E-state index contributed by atoms with van der Waals surface area (Å²) < 4.78 is 13.4. The zero-order valence-electron chi connectivity index (χ0n) is 19.4. The van der Waals surface area contributed by atoms with Gasteiger partial charge < -0.3 is 14.6 Å². The zero-order chi connectivity index (χ0) is 24.1. The molecule has 7 heteroatoms. The van der Waals surface area contributed by atoms with Crippen molar-refractivity contribution in [1.29, 1.82) is 0 Å². The molecule has 4 rings (SSSR count). The molecular formula is C27H27N3O4. The SMILES string of the molecule is Cn1nc(-c2ccccc2)nc1CCOc1cccc(-c2cccc(OC(C)(C)C(=O)O)c2)c1. The lowest BCUT2D eigenvalue weighted by atomic mass is 10.0. The summed E-state index contributed by atoms with van der Waals surface area (Å²) in [6.45, 7) is 3.51. The monoisotopic (exact) mass is 457 g/mol. The van der Waals surface area contributed by atoms with Crippen molar-refractivity contribution in [3.8, 4) is 34.0 Å². The van der Waals surface area contributed by atoms with Crippen molar-refractivity contribution in [3.05, 3.63) is 84.7 Å². The second-order valence-corrected chi connectivity index (χ2v) is 8.41. The number of carbonyl (C=O) groups is 1. The summed E-state index contributed by atoms with van der Waals surface area (Å²) in [4.78, 5) is 16.0. The molecule has 0 saturated carbocycles. The van der Waals surface area contributed by atoms with Crippen LogP contribution in [0.2, 0.25) is 0 Å². The molecule has 1 heterocycles. The van der Waals surface area contributed by atoms with Gasteiger partial charge in [0.25, 0.3) is 0 Å². The second-order valence-electron chi connectivity index (χ2n) is 8.41. The van der Waals surface area contributed by atoms with Crippen LogP contribution in [-0.2, 0) is 18.3 Å². The molecule has 0 radical (unpaired) electrons. The zero-order valence-corrected chi connectivity index (χ0v) is 19.4. The highest BCUT2D eigenvalue weighted by Crippen LogP contribution is 2.28. The number of carboxylic acid groups (broad SMARTS) is 1. The quantitative estimate of drug-likeness (QED) is 0.380. The van der Waals surface area contributed by atoms with E-state index < -0.39 is 11.6 Å². The van der Waals surface area contributed by atoms with E-state index in [9.17, 15) is 9.90 Å². The smallest absolute Gasteiger partial charge is 0.347 e. The molecule has 0 aliphatic heterocycles. The van der Waals surface area contributed by atoms with Gasteiger partial charge in [0.2, 0.25) is 0 Å². The first-order chi connectivity index (χ1) is 16.3. The molecule has 7 nitrogen and oxygen atoms in total. The van der Waals surface area contributed by atoms with Gasteiger partial charge >= 0.3 is 5.97 Å². The Labute approximate surface area is 198 Å². The molecular weight excluding hydrogens is 430 g/mol. The van der Waals surface area contributed by atoms with Crippen molar-refractivity contribution in [3.63, 3.8) is 0 Å². The normalized spacial score (nSPS) is 11.3. The first-order valence-electron chi connectivity index (χ1n) is 11.0. The number of ether oxygens (including phenoxy) is 2. The maximum Gasteiger partial charge on any atom is 0.347 e. The van der Waals surface area contributed by atoms with Gasteiger partial charge in [-0.15, -0.1) is 0 Å². The molecule has 0 spiro atoms. The molecule has 34 heavy (non-hydrogen) atoms. The Kier molecular flexibility index (Phi) is 6.63. The van der Waals surface area contributed by atoms with Crippen LogP contribution in [0.15, 0.2) is 78.9 Å². The van der Waals surface area contributed by atoms with Crippen LogP contribution in [0, 0.1) is 0 Å². The average molecular weight is 458 g/mol. The van der Waals surface area contributed by atoms with Crippen LogP contribution in [0.3, 0.4) is 0 Å². The Bertz CT molecular complexity index is 1280. The van der Waals surface area contributed by atoms with Crippen LogP contribution >= 0.6 is 0 Å². The van der Waals surface area contributed by atoms with Crippen molar-refractivity contribution in [2.24, 2.45) is 7.05 Å². The highest BCUT2D eigenvalue weighted by atomic mass is 16.5. The lowest BCUT2D eigenvalue weighted by molar-refractivity contribution is -0.152. The molecule has 1 N–H and O–H groups in total. The van der Waals surface area contributed by atoms with Crippen LogP contribution in [0.4, 0.5) is 0 Å². The van der Waals surface area contributed by atoms with Gasteiger partial charge in [0.15, 0.2) is 11.4 Å². The fourth-order valence-electron chi connectivity index (χ4n) is 3.45. The van der Waals surface area contributed by atoms with E-state index in [4.69, 9.17) is 9.47 Å². The van der Waals surface area contributed by atoms with E-state index in [0.717, 1.165) is 28.3 Å². The molecule has 0 fully saturated rings. The van der Waals surface area contributed by atoms with Gasteiger partial charge in [0.05, 0.1) is 6.61 Å². The highest BCUT2D eigenvalue weighted by Gasteiger charge is 2.29. The number of aliphatic carboxylic acids is 1. The van der Waals surface area contributed by atoms with Gasteiger partial charge in [-0.25, -0.2) is 9.78 Å². The fraction of sp³-hybridized carbons (Fsp3) is 0.222. The number of aromatic nitrogens is 3. The van der Waals surface area contributed by atoms with Crippen LogP contribution < -0.4 is 9.47 Å². The number of hydrogen-bond donors (Lipinski definition) is 1. The number of rotatable bonds is 9. The minimum atomic E-state index is -1.32. The van der Waals surface area contributed by atoms with E-state index in [-0.39, 0.29) is 0 Å². The Hall–Kier alpha value is -4.13. The van der Waals surface area contributed by atoms with Crippen molar-refractivity contribution in [1.82, 2.24) is 14.8 Å². The minimum Gasteiger partial charge on any atom is -0.493 e. The largest absolute Gasteiger partial charge is 0.493 e. The molecule has 0 amide bonds. The Morgan fingerprint density at radius 2 is 1.53 bits per heavy atom. The third-order valence-corrected chi connectivity index (χ3v) is 5.37. The number of benzene rings is 3. The van der Waals surface area contributed by atoms with E-state index >= 15 is 0 Å². The highest BCUT2D eigenvalue weighted by molar-refractivity contribution is 5.77. The summed E-state index contributed by atoms with van der Waals surface area (Å²) in [5.74, 6) is 1.76. The molecule has 4 aromatic rings. The van der Waals surface area contributed by atoms with Crippen LogP contribution in [-0.4, -0.2) is 38.0 Å². The lowest BCUT2D eigenvalue weighted by Crippen LogP contribution is -2.37. The molecule has 174 valence electrons. The third-order valence-electron chi connectivity index (χ3n) is 5.37. The first-order valence-corrected chi connectivity index (χ1v) is 11.0. The molecule has 0 aliphatic carbocycles. The van der Waals surface area contributed by atoms with Crippen molar-refractivity contribution in [2.75, 3.05) is 6.61 Å². The first kappa shape index (κ1) is 23.0. The van der Waals surface area contributed by atoms with Crippen LogP contribution in [0.1, 0.15) is 19.7 Å². The number of aryl methyl sites for hydroxylation is 1. The van der Waals surface area contributed by atoms with Crippen LogP contribution in [0.25, 0.3) is 22.5 Å². The van der Waals surface area contributed by atoms with E-state index in [1.54, 1.807) is 10.7 Å². The van der Waals surface area contributed by atoms with Gasteiger partial charge in [-0.05, 0) is 49.2 Å². The number of carboxylic acids is 1. The minimum absolute atomic E-state index is 0.459. The van der Waals surface area contributed by atoms with Crippen LogP contribution in [0.5, 0.6) is 11.5 Å². The van der Waals surface area contributed by atoms with Gasteiger partial charge in [-0.2, -0.15) is 5.10 Å². The van der Waals surface area contributed by atoms with Gasteiger partial charge in [0.1, 0.15) is 17.3 Å². The summed E-state index contributed by atoms with van der Waals surface area (Å²) in [5, 5.41) is 13.8. The lowest BCUT2D eigenvalue weighted by Gasteiger charge is -2.21. The molecule has 0 saturated heterocycles. The maximum absolute atomic E-state index is 11.4. The van der Waals surface area contributed by atoms with E-state index in [2.05, 4.69) is 10.1 Å².